The van der Waals surface area contributed by atoms with Gasteiger partial charge in [-0.1, -0.05) is 27.7 Å². The summed E-state index contributed by atoms with van der Waals surface area (Å²) in [5.74, 6) is 4.06. The maximum atomic E-state index is 4.72. The molecule has 0 saturated heterocycles. The van der Waals surface area contributed by atoms with Crippen LogP contribution in [0.5, 0.6) is 0 Å². The third-order valence-corrected chi connectivity index (χ3v) is 3.56. The monoisotopic (exact) mass is 207 g/mol. The minimum absolute atomic E-state index is 0.496. The van der Waals surface area contributed by atoms with E-state index >= 15 is 0 Å². The topological polar surface area (TPSA) is 30.7 Å². The van der Waals surface area contributed by atoms with Gasteiger partial charge < -0.3 is 0 Å². The van der Waals surface area contributed by atoms with Crippen molar-refractivity contribution in [1.29, 1.82) is 0 Å². The minimum atomic E-state index is 0.496. The van der Waals surface area contributed by atoms with Crippen LogP contribution in [0.25, 0.3) is 0 Å². The molecule has 0 radical (unpaired) electrons. The van der Waals surface area contributed by atoms with Gasteiger partial charge in [0, 0.05) is 18.4 Å². The Hall–Kier alpha value is -0.860. The molecule has 2 atom stereocenters. The van der Waals surface area contributed by atoms with Crippen LogP contribution in [0.4, 0.5) is 0 Å². The van der Waals surface area contributed by atoms with E-state index in [1.54, 1.807) is 0 Å². The Morgan fingerprint density at radius 3 is 2.73 bits per heavy atom. The first kappa shape index (κ1) is 10.7. The lowest BCUT2D eigenvalue weighted by Gasteiger charge is -2.11. The molecular weight excluding hydrogens is 186 g/mol. The molecule has 0 amide bonds. The normalized spacial score (nSPS) is 22.1. The largest absolute Gasteiger partial charge is 0.249 e. The number of hydrogen-bond acceptors (Lipinski definition) is 2. The van der Waals surface area contributed by atoms with Crippen LogP contribution in [0.1, 0.15) is 64.0 Å². The number of hydrogen-bond donors (Lipinski definition) is 0. The number of rotatable bonds is 3. The summed E-state index contributed by atoms with van der Waals surface area (Å²) in [5, 5.41) is 4.60. The van der Waals surface area contributed by atoms with Crippen molar-refractivity contribution in [3.63, 3.8) is 0 Å². The lowest BCUT2D eigenvalue weighted by molar-refractivity contribution is 0.482. The predicted molar refractivity (Wildman–Crippen MR) is 60.9 cm³/mol. The maximum Gasteiger partial charge on any atom is 0.153 e. The van der Waals surface area contributed by atoms with Crippen LogP contribution >= 0.6 is 0 Å². The van der Waals surface area contributed by atoms with E-state index in [1.165, 1.54) is 12.2 Å². The number of nitrogens with zero attached hydrogens (tertiary/aromatic N) is 3. The van der Waals surface area contributed by atoms with Gasteiger partial charge in [0.2, 0.25) is 0 Å². The lowest BCUT2D eigenvalue weighted by Crippen LogP contribution is -2.04. The van der Waals surface area contributed by atoms with Gasteiger partial charge in [0.15, 0.2) is 5.82 Å². The molecule has 15 heavy (non-hydrogen) atoms. The first-order chi connectivity index (χ1) is 7.13. The zero-order valence-corrected chi connectivity index (χ0v) is 10.2. The van der Waals surface area contributed by atoms with Crippen LogP contribution in [-0.2, 0) is 6.54 Å². The first-order valence-corrected chi connectivity index (χ1v) is 6.08. The fourth-order valence-corrected chi connectivity index (χ4v) is 2.22. The Morgan fingerprint density at radius 1 is 1.40 bits per heavy atom. The standard InChI is InChI=1S/C12H21N3/c1-5-9(4)11-13-12-10(8(2)3)6-7-15(12)14-11/h8-10H,5-7H2,1-4H3. The van der Waals surface area contributed by atoms with Crippen molar-refractivity contribution >= 4 is 0 Å². The molecule has 0 aliphatic carbocycles. The highest BCUT2D eigenvalue weighted by molar-refractivity contribution is 5.07. The Labute approximate surface area is 91.9 Å². The molecule has 1 aliphatic rings. The van der Waals surface area contributed by atoms with Gasteiger partial charge in [0.05, 0.1) is 0 Å². The molecule has 0 fully saturated rings. The predicted octanol–water partition coefficient (Wildman–Crippen LogP) is 2.93. The summed E-state index contributed by atoms with van der Waals surface area (Å²) in [7, 11) is 0. The highest BCUT2D eigenvalue weighted by Gasteiger charge is 2.29. The Morgan fingerprint density at radius 2 is 2.13 bits per heavy atom. The second-order valence-electron chi connectivity index (χ2n) is 5.00. The molecule has 84 valence electrons. The van der Waals surface area contributed by atoms with Gasteiger partial charge in [-0.3, -0.25) is 0 Å². The molecule has 0 spiro atoms. The molecule has 3 heteroatoms. The van der Waals surface area contributed by atoms with E-state index in [1.807, 2.05) is 0 Å². The Kier molecular flexibility index (Phi) is 2.81. The van der Waals surface area contributed by atoms with Crippen molar-refractivity contribution in [3.8, 4) is 0 Å². The van der Waals surface area contributed by atoms with Crippen molar-refractivity contribution in [3.05, 3.63) is 11.6 Å². The summed E-state index contributed by atoms with van der Waals surface area (Å²) < 4.78 is 2.12. The first-order valence-electron chi connectivity index (χ1n) is 6.08. The molecule has 1 aromatic rings. The van der Waals surface area contributed by atoms with Crippen LogP contribution in [0.15, 0.2) is 0 Å². The van der Waals surface area contributed by atoms with Crippen LogP contribution < -0.4 is 0 Å². The highest BCUT2D eigenvalue weighted by Crippen LogP contribution is 2.33. The molecule has 0 bridgehead atoms. The maximum absolute atomic E-state index is 4.72. The van der Waals surface area contributed by atoms with Gasteiger partial charge in [0.25, 0.3) is 0 Å². The quantitative estimate of drug-likeness (QED) is 0.763. The zero-order valence-electron chi connectivity index (χ0n) is 10.2. The van der Waals surface area contributed by atoms with E-state index in [-0.39, 0.29) is 0 Å². The zero-order chi connectivity index (χ0) is 11.0. The van der Waals surface area contributed by atoms with E-state index in [4.69, 9.17) is 4.98 Å². The number of aromatic nitrogens is 3. The van der Waals surface area contributed by atoms with Crippen LogP contribution in [-0.4, -0.2) is 14.8 Å². The summed E-state index contributed by atoms with van der Waals surface area (Å²) in [6.45, 7) is 10.0. The van der Waals surface area contributed by atoms with Crippen LogP contribution in [0.3, 0.4) is 0 Å². The summed E-state index contributed by atoms with van der Waals surface area (Å²) in [4.78, 5) is 4.72. The van der Waals surface area contributed by atoms with Crippen molar-refractivity contribution in [1.82, 2.24) is 14.8 Å². The summed E-state index contributed by atoms with van der Waals surface area (Å²) >= 11 is 0. The lowest BCUT2D eigenvalue weighted by atomic mass is 9.94. The molecule has 2 unspecified atom stereocenters. The minimum Gasteiger partial charge on any atom is -0.249 e. The van der Waals surface area contributed by atoms with Crippen molar-refractivity contribution < 1.29 is 0 Å². The summed E-state index contributed by atoms with van der Waals surface area (Å²) in [5.41, 5.74) is 0. The molecule has 0 saturated carbocycles. The molecule has 0 N–H and O–H groups in total. The van der Waals surface area contributed by atoms with Gasteiger partial charge in [-0.15, -0.1) is 0 Å². The van der Waals surface area contributed by atoms with Gasteiger partial charge in [-0.05, 0) is 18.8 Å². The molecule has 0 aromatic carbocycles. The Bertz CT molecular complexity index is 341. The molecular formula is C12H21N3. The van der Waals surface area contributed by atoms with E-state index < -0.39 is 0 Å². The fourth-order valence-electron chi connectivity index (χ4n) is 2.22. The van der Waals surface area contributed by atoms with Crippen molar-refractivity contribution in [2.45, 2.75) is 58.9 Å². The molecule has 3 nitrogen and oxygen atoms in total. The smallest absolute Gasteiger partial charge is 0.153 e. The SMILES string of the molecule is CCC(C)c1nc2n(n1)CCC2C(C)C. The van der Waals surface area contributed by atoms with Gasteiger partial charge in [-0.25, -0.2) is 9.67 Å². The summed E-state index contributed by atoms with van der Waals surface area (Å²) in [6.07, 6.45) is 2.34. The van der Waals surface area contributed by atoms with Gasteiger partial charge in [0.1, 0.15) is 5.82 Å². The average molecular weight is 207 g/mol. The van der Waals surface area contributed by atoms with Crippen molar-refractivity contribution in [2.24, 2.45) is 5.92 Å². The van der Waals surface area contributed by atoms with E-state index in [0.717, 1.165) is 18.8 Å². The second-order valence-corrected chi connectivity index (χ2v) is 5.00. The second kappa shape index (κ2) is 3.95. The van der Waals surface area contributed by atoms with Crippen LogP contribution in [0.2, 0.25) is 0 Å². The summed E-state index contributed by atoms with van der Waals surface area (Å²) in [6, 6.07) is 0. The third kappa shape index (κ3) is 1.80. The van der Waals surface area contributed by atoms with E-state index in [0.29, 0.717) is 17.8 Å². The highest BCUT2D eigenvalue weighted by atomic mass is 15.4. The number of aryl methyl sites for hydroxylation is 1. The van der Waals surface area contributed by atoms with Crippen LogP contribution in [0, 0.1) is 5.92 Å². The average Bonchev–Trinajstić information content (AvgIpc) is 2.73. The van der Waals surface area contributed by atoms with E-state index in [9.17, 15) is 0 Å². The Balaban J connectivity index is 2.26. The molecule has 1 aliphatic heterocycles. The third-order valence-electron chi connectivity index (χ3n) is 3.56. The van der Waals surface area contributed by atoms with E-state index in [2.05, 4.69) is 37.5 Å². The van der Waals surface area contributed by atoms with Gasteiger partial charge in [-0.2, -0.15) is 5.10 Å². The molecule has 2 heterocycles. The van der Waals surface area contributed by atoms with Gasteiger partial charge >= 0.3 is 0 Å². The molecule has 1 aromatic heterocycles. The number of fused-ring (bicyclic) bond motifs is 1. The van der Waals surface area contributed by atoms with Crippen molar-refractivity contribution in [2.75, 3.05) is 0 Å². The molecule has 2 rings (SSSR count). The fraction of sp³-hybridized carbons (Fsp3) is 0.833.